The Bertz CT molecular complexity index is 589. The van der Waals surface area contributed by atoms with Crippen LogP contribution in [0.3, 0.4) is 0 Å². The Morgan fingerprint density at radius 2 is 2.00 bits per heavy atom. The number of fused-ring (bicyclic) bond motifs is 3. The molecule has 114 valence electrons. The third-order valence-electron chi connectivity index (χ3n) is 5.80. The van der Waals surface area contributed by atoms with Crippen molar-refractivity contribution in [3.63, 3.8) is 0 Å². The first-order valence-corrected chi connectivity index (χ1v) is 7.97. The average molecular weight is 290 g/mol. The van der Waals surface area contributed by atoms with Crippen LogP contribution in [0, 0.1) is 35.0 Å². The van der Waals surface area contributed by atoms with E-state index in [-0.39, 0.29) is 41.8 Å². The Hall–Kier alpha value is -1.14. The second-order valence-corrected chi connectivity index (χ2v) is 6.96. The first-order chi connectivity index (χ1) is 10.8. The Kier molecular flexibility index (Phi) is 3.29. The zero-order chi connectivity index (χ0) is 16.8. The molecule has 0 radical (unpaired) electrons. The van der Waals surface area contributed by atoms with E-state index in [0.717, 1.165) is 6.42 Å². The van der Waals surface area contributed by atoms with Gasteiger partial charge < -0.3 is 5.11 Å². The van der Waals surface area contributed by atoms with E-state index in [2.05, 4.69) is 11.8 Å². The third kappa shape index (κ3) is 2.55. The highest BCUT2D eigenvalue weighted by Gasteiger charge is 2.54. The van der Waals surface area contributed by atoms with Crippen molar-refractivity contribution in [2.75, 3.05) is 0 Å². The van der Waals surface area contributed by atoms with Gasteiger partial charge in [0.25, 0.3) is 0 Å². The lowest BCUT2D eigenvalue weighted by Gasteiger charge is -2.44. The fourth-order valence-corrected chi connectivity index (χ4v) is 4.47. The van der Waals surface area contributed by atoms with Crippen molar-refractivity contribution in [1.29, 1.82) is 0 Å². The minimum atomic E-state index is -2.02. The Morgan fingerprint density at radius 1 is 1.24 bits per heavy atom. The van der Waals surface area contributed by atoms with Gasteiger partial charge in [0, 0.05) is 39.7 Å². The zero-order valence-corrected chi connectivity index (χ0v) is 12.5. The van der Waals surface area contributed by atoms with Crippen LogP contribution in [0.25, 0.3) is 0 Å². The van der Waals surface area contributed by atoms with Gasteiger partial charge in [-0.25, -0.2) is 0 Å². The second kappa shape index (κ2) is 5.57. The van der Waals surface area contributed by atoms with Gasteiger partial charge in [0.05, 0.1) is 6.10 Å². The summed E-state index contributed by atoms with van der Waals surface area (Å²) in [5.41, 5.74) is -0.362. The number of hydrogen-bond acceptors (Lipinski definition) is 3. The number of Topliss-reactive ketones (excluding diaryl/α,β-unsaturated/α-hetero) is 2. The molecule has 0 aromatic heterocycles. The summed E-state index contributed by atoms with van der Waals surface area (Å²) in [4.78, 5) is 25.1. The van der Waals surface area contributed by atoms with Gasteiger partial charge in [0.15, 0.2) is 0 Å². The van der Waals surface area contributed by atoms with E-state index in [1.807, 2.05) is 6.92 Å². The van der Waals surface area contributed by atoms with E-state index in [9.17, 15) is 14.7 Å². The molecule has 3 aliphatic rings. The molecule has 2 fully saturated rings. The van der Waals surface area contributed by atoms with Crippen molar-refractivity contribution < 1.29 is 17.4 Å². The van der Waals surface area contributed by atoms with Crippen molar-refractivity contribution in [2.24, 2.45) is 23.2 Å². The van der Waals surface area contributed by atoms with E-state index in [4.69, 9.17) is 2.74 Å². The Morgan fingerprint density at radius 3 is 2.81 bits per heavy atom. The van der Waals surface area contributed by atoms with Crippen molar-refractivity contribution in [1.82, 2.24) is 0 Å². The molecule has 3 aliphatic carbocycles. The van der Waals surface area contributed by atoms with Crippen LogP contribution < -0.4 is 0 Å². The van der Waals surface area contributed by atoms with Crippen LogP contribution in [0.5, 0.6) is 0 Å². The van der Waals surface area contributed by atoms with Crippen molar-refractivity contribution in [2.45, 2.75) is 64.3 Å². The largest absolute Gasteiger partial charge is 0.392 e. The molecule has 3 rings (SSSR count). The Labute approximate surface area is 129 Å². The molecule has 0 bridgehead atoms. The SMILES string of the molecule is [2H]C1([2H])C[C@H](O)CC#CC[C@@H]2[C@H](CC[C@]3(C)C(=O)CC[C@@H]23)C1=O. The fourth-order valence-electron chi connectivity index (χ4n) is 4.47. The number of aliphatic hydroxyl groups excluding tert-OH is 1. The first-order valence-electron chi connectivity index (χ1n) is 8.97. The molecule has 3 nitrogen and oxygen atoms in total. The number of ketones is 2. The molecule has 0 aliphatic heterocycles. The summed E-state index contributed by atoms with van der Waals surface area (Å²) in [7, 11) is 0. The number of carbonyl (C=O) groups is 2. The van der Waals surface area contributed by atoms with E-state index >= 15 is 0 Å². The van der Waals surface area contributed by atoms with Crippen LogP contribution in [0.2, 0.25) is 0 Å². The maximum atomic E-state index is 12.8. The molecule has 0 unspecified atom stereocenters. The van der Waals surface area contributed by atoms with Crippen molar-refractivity contribution in [3.05, 3.63) is 0 Å². The van der Waals surface area contributed by atoms with E-state index in [1.54, 1.807) is 0 Å². The average Bonchev–Trinajstić information content (AvgIpc) is 2.77. The molecule has 3 heteroatoms. The molecule has 0 aromatic rings. The summed E-state index contributed by atoms with van der Waals surface area (Å²) in [5, 5.41) is 9.87. The van der Waals surface area contributed by atoms with Crippen LogP contribution in [-0.2, 0) is 9.59 Å². The van der Waals surface area contributed by atoms with Gasteiger partial charge in [0.2, 0.25) is 0 Å². The topological polar surface area (TPSA) is 54.4 Å². The lowest BCUT2D eigenvalue weighted by Crippen LogP contribution is -2.44. The van der Waals surface area contributed by atoms with Gasteiger partial charge in [-0.2, -0.15) is 0 Å². The molecule has 2 saturated carbocycles. The molecule has 0 amide bonds. The van der Waals surface area contributed by atoms with E-state index < -0.39 is 18.3 Å². The molecule has 0 saturated heterocycles. The second-order valence-electron chi connectivity index (χ2n) is 6.96. The zero-order valence-electron chi connectivity index (χ0n) is 14.5. The molecule has 0 aromatic carbocycles. The summed E-state index contributed by atoms with van der Waals surface area (Å²) >= 11 is 0. The van der Waals surface area contributed by atoms with E-state index in [0.29, 0.717) is 25.7 Å². The van der Waals surface area contributed by atoms with Gasteiger partial charge in [-0.1, -0.05) is 6.92 Å². The standard InChI is InChI=1S/C18H24O3/c1-18-11-10-14-13(15(18)7-9-17(18)21)5-3-2-4-12(19)6-8-16(14)20/h12-15,19H,4-11H2,1H3/t12-,13-,14+,15+,18+/m1/s1/i8D2. The normalized spacial score (nSPS) is 47.3. The third-order valence-corrected chi connectivity index (χ3v) is 5.80. The minimum Gasteiger partial charge on any atom is -0.392 e. The Balaban J connectivity index is 1.97. The fraction of sp³-hybridized carbons (Fsp3) is 0.778. The number of rotatable bonds is 0. The maximum absolute atomic E-state index is 12.8. The van der Waals surface area contributed by atoms with Crippen LogP contribution in [-0.4, -0.2) is 22.8 Å². The number of aliphatic hydroxyl groups is 1. The van der Waals surface area contributed by atoms with Crippen molar-refractivity contribution >= 4 is 11.6 Å². The van der Waals surface area contributed by atoms with Crippen LogP contribution in [0.15, 0.2) is 0 Å². The van der Waals surface area contributed by atoms with Crippen LogP contribution in [0.4, 0.5) is 0 Å². The van der Waals surface area contributed by atoms with Gasteiger partial charge in [0.1, 0.15) is 11.6 Å². The summed E-state index contributed by atoms with van der Waals surface area (Å²) in [5.74, 6) is 5.62. The molecular formula is C18H24O3. The highest BCUT2D eigenvalue weighted by atomic mass is 16.3. The predicted octanol–water partition coefficient (Wildman–Crippen LogP) is 2.51. The van der Waals surface area contributed by atoms with Gasteiger partial charge in [-0.15, -0.1) is 11.8 Å². The molecule has 1 N–H and O–H groups in total. The highest BCUT2D eigenvalue weighted by molar-refractivity contribution is 5.88. The first kappa shape index (κ1) is 12.4. The summed E-state index contributed by atoms with van der Waals surface area (Å²) in [6.07, 6.45) is 0.184. The lowest BCUT2D eigenvalue weighted by atomic mass is 9.58. The summed E-state index contributed by atoms with van der Waals surface area (Å²) < 4.78 is 16.2. The number of carbonyl (C=O) groups excluding carboxylic acids is 2. The van der Waals surface area contributed by atoms with Gasteiger partial charge in [-0.05, 0) is 37.5 Å². The summed E-state index contributed by atoms with van der Waals surface area (Å²) in [6.45, 7) is 2.01. The predicted molar refractivity (Wildman–Crippen MR) is 79.3 cm³/mol. The lowest BCUT2D eigenvalue weighted by molar-refractivity contribution is -0.136. The van der Waals surface area contributed by atoms with Crippen LogP contribution in [0.1, 0.15) is 61.0 Å². The van der Waals surface area contributed by atoms with Gasteiger partial charge >= 0.3 is 0 Å². The minimum absolute atomic E-state index is 0.0366. The quantitative estimate of drug-likeness (QED) is 0.697. The molecule has 0 spiro atoms. The summed E-state index contributed by atoms with van der Waals surface area (Å²) in [6, 6.07) is 0. The van der Waals surface area contributed by atoms with Crippen LogP contribution >= 0.6 is 0 Å². The maximum Gasteiger partial charge on any atom is 0.139 e. The smallest absolute Gasteiger partial charge is 0.139 e. The van der Waals surface area contributed by atoms with E-state index in [1.165, 1.54) is 0 Å². The molecular weight excluding hydrogens is 264 g/mol. The number of hydrogen-bond donors (Lipinski definition) is 1. The monoisotopic (exact) mass is 290 g/mol. The molecule has 0 heterocycles. The highest BCUT2D eigenvalue weighted by Crippen LogP contribution is 2.55. The molecule has 5 atom stereocenters. The van der Waals surface area contributed by atoms with Gasteiger partial charge in [-0.3, -0.25) is 9.59 Å². The van der Waals surface area contributed by atoms with Crippen molar-refractivity contribution in [3.8, 4) is 11.8 Å². The molecule has 21 heavy (non-hydrogen) atoms.